The van der Waals surface area contributed by atoms with Gasteiger partial charge in [-0.2, -0.15) is 0 Å². The van der Waals surface area contributed by atoms with Gasteiger partial charge in [0, 0.05) is 50.3 Å². The molecule has 6 unspecified atom stereocenters. The van der Waals surface area contributed by atoms with Crippen LogP contribution in [0.3, 0.4) is 0 Å². The Bertz CT molecular complexity index is 2320. The predicted molar refractivity (Wildman–Crippen MR) is 340 cm³/mol. The summed E-state index contributed by atoms with van der Waals surface area (Å²) in [5.74, 6) is -7.43. The van der Waals surface area contributed by atoms with E-state index in [0.29, 0.717) is 113 Å². The molecule has 0 saturated heterocycles. The number of carbonyl (C=O) groups is 14. The van der Waals surface area contributed by atoms with E-state index in [4.69, 9.17) is 69.8 Å². The standard InChI is InChI=1S/C11H17NO4.C10H18N2O3.C10H17NO4.C10H15NO4.C10H17NO3S.C9H16N2O3/c1-7(8(2)13)10(14)6-4-3-5-9(12)11(15)16;1-7(8(2)13)12-6-4-3-5-9(11)10(14)15;1-7(12)8(2)15-6-4-3-5-9(11)10(13)14;1-6(2)9(13)8(12)5-3-4-7(11)10(14)15;1-7(12)8(2)15-6-4-3-5-9(11)10(13)14;1-6(2)8(12)11-5-3-4-7(10)9(13)14/h9H,1,3-6,12H2,2H3,(H,15,16);9,12H,1,3-6,11H2,2H3,(H,14,15);9H,2-6,11H2,1H3,(H,13,14);7H,1,3-5,11H2,2H3,(H,14,15);9H,2-6,11H2,1H3,(H,13,14);7H,1,3-5,10H2,2H3,(H,11,12)(H,13,14). The summed E-state index contributed by atoms with van der Waals surface area (Å²) in [5, 5.41) is 56.3. The molecule has 6 atom stereocenters. The number of rotatable bonds is 45. The number of unbranched alkanes of at least 4 members (excludes halogenated alkanes) is 4. The minimum atomic E-state index is -1.10. The highest BCUT2D eigenvalue weighted by molar-refractivity contribution is 8.03. The smallest absolute Gasteiger partial charge is 0.320 e. The molecule has 20 N–H and O–H groups in total. The number of carbonyl (C=O) groups excluding carboxylic acids is 8. The lowest BCUT2D eigenvalue weighted by molar-refractivity contribution is -0.139. The summed E-state index contributed by atoms with van der Waals surface area (Å²) in [6, 6.07) is -5.09. The molecule has 0 aromatic carbocycles. The van der Waals surface area contributed by atoms with E-state index in [9.17, 15) is 67.1 Å². The largest absolute Gasteiger partial charge is 0.491 e. The molecule has 0 heterocycles. The van der Waals surface area contributed by atoms with Gasteiger partial charge in [0.05, 0.1) is 17.9 Å². The van der Waals surface area contributed by atoms with Crippen molar-refractivity contribution in [2.24, 2.45) is 34.4 Å². The first-order valence-electron chi connectivity index (χ1n) is 28.4. The summed E-state index contributed by atoms with van der Waals surface area (Å²) in [7, 11) is 0. The third-order valence-electron chi connectivity index (χ3n) is 11.6. The monoisotopic (exact) mass is 1300 g/mol. The quantitative estimate of drug-likeness (QED) is 0.0104. The molecule has 0 aliphatic heterocycles. The van der Waals surface area contributed by atoms with E-state index in [2.05, 4.69) is 50.1 Å². The van der Waals surface area contributed by atoms with Crippen molar-refractivity contribution in [1.29, 1.82) is 0 Å². The van der Waals surface area contributed by atoms with E-state index >= 15 is 0 Å². The van der Waals surface area contributed by atoms with Gasteiger partial charge in [-0.3, -0.25) is 67.1 Å². The molecule has 0 spiro atoms. The maximum atomic E-state index is 11.3. The van der Waals surface area contributed by atoms with Crippen LogP contribution < -0.4 is 45.0 Å². The van der Waals surface area contributed by atoms with Crippen molar-refractivity contribution in [2.75, 3.05) is 25.4 Å². The number of hydrogen-bond donors (Lipinski definition) is 14. The van der Waals surface area contributed by atoms with Gasteiger partial charge in [0.25, 0.3) is 0 Å². The lowest BCUT2D eigenvalue weighted by Crippen LogP contribution is -2.32. The van der Waals surface area contributed by atoms with Gasteiger partial charge < -0.3 is 80.4 Å². The van der Waals surface area contributed by atoms with E-state index in [1.807, 2.05) is 0 Å². The van der Waals surface area contributed by atoms with Gasteiger partial charge in [-0.05, 0) is 129 Å². The molecule has 512 valence electrons. The molecule has 0 bridgehead atoms. The maximum absolute atomic E-state index is 11.3. The Balaban J connectivity index is -0.000000235. The van der Waals surface area contributed by atoms with Crippen molar-refractivity contribution in [3.8, 4) is 0 Å². The third kappa shape index (κ3) is 59.1. The molecule has 0 fully saturated rings. The minimum Gasteiger partial charge on any atom is -0.491 e. The van der Waals surface area contributed by atoms with Crippen molar-refractivity contribution in [2.45, 2.75) is 193 Å². The third-order valence-corrected chi connectivity index (χ3v) is 12.7. The number of aliphatic carboxylic acids is 6. The van der Waals surface area contributed by atoms with Crippen LogP contribution in [0.1, 0.15) is 157 Å². The highest BCUT2D eigenvalue weighted by Crippen LogP contribution is 2.17. The summed E-state index contributed by atoms with van der Waals surface area (Å²) >= 11 is 1.41. The van der Waals surface area contributed by atoms with Gasteiger partial charge >= 0.3 is 35.8 Å². The highest BCUT2D eigenvalue weighted by Gasteiger charge is 2.18. The van der Waals surface area contributed by atoms with Gasteiger partial charge in [-0.25, -0.2) is 0 Å². The number of nitrogens with one attached hydrogen (secondary N) is 2. The lowest BCUT2D eigenvalue weighted by Gasteiger charge is -2.07. The summed E-state index contributed by atoms with van der Waals surface area (Å²) < 4.78 is 5.01. The van der Waals surface area contributed by atoms with Crippen LogP contribution in [0.15, 0.2) is 72.6 Å². The van der Waals surface area contributed by atoms with Gasteiger partial charge in [-0.15, -0.1) is 11.8 Å². The Morgan fingerprint density at radius 1 is 0.400 bits per heavy atom. The summed E-state index contributed by atoms with van der Waals surface area (Å²) in [6.45, 7) is 30.8. The van der Waals surface area contributed by atoms with Crippen LogP contribution in [-0.4, -0.2) is 175 Å². The second-order valence-electron chi connectivity index (χ2n) is 20.1. The van der Waals surface area contributed by atoms with E-state index < -0.39 is 83.6 Å². The normalized spacial score (nSPS) is 11.9. The molecule has 30 heteroatoms. The first kappa shape index (κ1) is 93.3. The van der Waals surface area contributed by atoms with E-state index in [1.165, 1.54) is 46.4 Å². The number of carboxylic acid groups (broad SMARTS) is 6. The molecule has 0 aromatic rings. The Morgan fingerprint density at radius 2 is 0.756 bits per heavy atom. The number of nitrogens with two attached hydrogens (primary N) is 6. The predicted octanol–water partition coefficient (Wildman–Crippen LogP) is 3.18. The number of ketones is 7. The van der Waals surface area contributed by atoms with Gasteiger partial charge in [-0.1, -0.05) is 52.3 Å². The fourth-order valence-electron chi connectivity index (χ4n) is 5.63. The van der Waals surface area contributed by atoms with Crippen LogP contribution in [-0.2, 0) is 71.9 Å². The summed E-state index contributed by atoms with van der Waals surface area (Å²) in [5.41, 5.74) is 32.7. The minimum absolute atomic E-state index is 0.00235. The molecule has 0 aliphatic carbocycles. The van der Waals surface area contributed by atoms with E-state index in [1.54, 1.807) is 6.92 Å². The number of hydrogen-bond acceptors (Lipinski definition) is 23. The number of thioether (sulfide) groups is 1. The molecule has 0 radical (unpaired) electrons. The number of amides is 1. The molecular formula is C60H100N8O21S. The first-order chi connectivity index (χ1) is 41.5. The molecule has 0 rings (SSSR count). The zero-order valence-corrected chi connectivity index (χ0v) is 53.8. The molecule has 0 aromatic heterocycles. The Labute approximate surface area is 531 Å². The first-order valence-corrected chi connectivity index (χ1v) is 29.4. The topological polar surface area (TPSA) is 550 Å². The van der Waals surface area contributed by atoms with Crippen molar-refractivity contribution in [3.63, 3.8) is 0 Å². The average molecular weight is 1300 g/mol. The molecule has 0 saturated carbocycles. The number of Topliss-reactive ketones (excluding diaryl/α,β-unsaturated/α-hetero) is 7. The van der Waals surface area contributed by atoms with Crippen LogP contribution in [0.4, 0.5) is 0 Å². The summed E-state index contributed by atoms with van der Waals surface area (Å²) in [4.78, 5) is 150. The van der Waals surface area contributed by atoms with Crippen LogP contribution >= 0.6 is 11.8 Å². The zero-order chi connectivity index (χ0) is 71.4. The molecule has 1 amide bonds. The lowest BCUT2D eigenvalue weighted by atomic mass is 10.0. The molecular weight excluding hydrogens is 1200 g/mol. The van der Waals surface area contributed by atoms with Gasteiger partial charge in [0.1, 0.15) is 36.3 Å². The molecule has 0 aliphatic rings. The SMILES string of the molecule is C=C(C(C)=O)C(=O)CCCCC(N)C(=O)O.C=C(C)C(=O)C(=O)CCCC(N)C(=O)O.C=C(C)C(=O)NCCCC(N)C(=O)O.C=C(NCCCCC(N)C(=O)O)C(C)=O.C=C(OCCCCC(N)C(=O)O)C(C)=O.C=C(SCCCCC(N)C(=O)O)C(C)=O. The Morgan fingerprint density at radius 3 is 1.11 bits per heavy atom. The zero-order valence-electron chi connectivity index (χ0n) is 52.9. The molecule has 29 nitrogen and oxygen atoms in total. The van der Waals surface area contributed by atoms with Gasteiger partial charge in [0.15, 0.2) is 34.7 Å². The second kappa shape index (κ2) is 56.4. The summed E-state index contributed by atoms with van der Waals surface area (Å²) in [6.07, 6.45) is 8.74. The molecule has 90 heavy (non-hydrogen) atoms. The maximum Gasteiger partial charge on any atom is 0.320 e. The van der Waals surface area contributed by atoms with Crippen molar-refractivity contribution < 1.29 is 102 Å². The number of allylic oxidation sites excluding steroid dienone is 5. The Hall–Kier alpha value is -7.87. The van der Waals surface area contributed by atoms with Crippen LogP contribution in [0.2, 0.25) is 0 Å². The van der Waals surface area contributed by atoms with Crippen molar-refractivity contribution >= 4 is 94.0 Å². The van der Waals surface area contributed by atoms with Gasteiger partial charge in [0.2, 0.25) is 17.5 Å². The second-order valence-corrected chi connectivity index (χ2v) is 21.3. The van der Waals surface area contributed by atoms with Crippen LogP contribution in [0, 0.1) is 0 Å². The van der Waals surface area contributed by atoms with Crippen molar-refractivity contribution in [3.05, 3.63) is 72.6 Å². The Kier molecular flexibility index (Phi) is 58.4. The average Bonchev–Trinajstić information content (AvgIpc) is 3.46. The van der Waals surface area contributed by atoms with E-state index in [-0.39, 0.29) is 71.0 Å². The van der Waals surface area contributed by atoms with Crippen LogP contribution in [0.5, 0.6) is 0 Å². The van der Waals surface area contributed by atoms with Crippen LogP contribution in [0.25, 0.3) is 0 Å². The van der Waals surface area contributed by atoms with Crippen molar-refractivity contribution in [1.82, 2.24) is 10.6 Å². The van der Waals surface area contributed by atoms with E-state index in [0.717, 1.165) is 25.0 Å². The number of carboxylic acids is 6. The number of ether oxygens (including phenoxy) is 1. The fraction of sp³-hybridized carbons (Fsp3) is 0.567. The highest BCUT2D eigenvalue weighted by atomic mass is 32.2. The fourth-order valence-corrected chi connectivity index (χ4v) is 6.42.